The molecule has 6 heteroatoms. The fourth-order valence-electron chi connectivity index (χ4n) is 3.06. The van der Waals surface area contributed by atoms with Crippen LogP contribution in [0.3, 0.4) is 0 Å². The summed E-state index contributed by atoms with van der Waals surface area (Å²) in [5.74, 6) is 1.07. The van der Waals surface area contributed by atoms with Crippen LogP contribution in [0.25, 0.3) is 0 Å². The summed E-state index contributed by atoms with van der Waals surface area (Å²) < 4.78 is 1.85. The van der Waals surface area contributed by atoms with E-state index in [4.69, 9.17) is 4.99 Å². The summed E-state index contributed by atoms with van der Waals surface area (Å²) in [6.07, 6.45) is 1.80. The van der Waals surface area contributed by atoms with Gasteiger partial charge in [-0.25, -0.2) is 4.99 Å². The van der Waals surface area contributed by atoms with Crippen molar-refractivity contribution in [2.75, 3.05) is 13.1 Å². The number of aliphatic imine (C=N–C) groups is 1. The van der Waals surface area contributed by atoms with E-state index in [1.807, 2.05) is 17.8 Å². The van der Waals surface area contributed by atoms with Crippen molar-refractivity contribution in [3.8, 4) is 0 Å². The zero-order valence-electron chi connectivity index (χ0n) is 16.4. The van der Waals surface area contributed by atoms with E-state index in [1.165, 1.54) is 11.1 Å². The van der Waals surface area contributed by atoms with E-state index < -0.39 is 0 Å². The molecule has 3 aromatic rings. The van der Waals surface area contributed by atoms with Gasteiger partial charge < -0.3 is 10.6 Å². The van der Waals surface area contributed by atoms with Gasteiger partial charge in [0.05, 0.1) is 12.2 Å². The number of hydrogen-bond acceptors (Lipinski definition) is 2. The molecule has 148 valence electrons. The number of nitrogens with one attached hydrogen (secondary N) is 2. The van der Waals surface area contributed by atoms with Gasteiger partial charge in [0.25, 0.3) is 0 Å². The molecule has 2 aromatic carbocycles. The van der Waals surface area contributed by atoms with Crippen molar-refractivity contribution in [3.05, 3.63) is 89.7 Å². The molecule has 0 fully saturated rings. The van der Waals surface area contributed by atoms with Crippen LogP contribution in [-0.4, -0.2) is 28.8 Å². The molecule has 0 aliphatic carbocycles. The standard InChI is InChI=1S/C22H27N5.HI/c1-3-23-22(24-16-20-14-15-26-27(20)2)25-17-21(18-10-6-4-7-11-18)19-12-8-5-9-13-19;/h4-15,21H,3,16-17H2,1-2H3,(H2,23,24,25);1H. The molecule has 5 nitrogen and oxygen atoms in total. The van der Waals surface area contributed by atoms with Gasteiger partial charge in [0.1, 0.15) is 0 Å². The molecule has 0 bridgehead atoms. The van der Waals surface area contributed by atoms with Crippen LogP contribution in [0, 0.1) is 0 Å². The molecule has 1 heterocycles. The largest absolute Gasteiger partial charge is 0.357 e. The zero-order valence-corrected chi connectivity index (χ0v) is 18.7. The van der Waals surface area contributed by atoms with Crippen LogP contribution in [0.15, 0.2) is 77.9 Å². The SMILES string of the molecule is CCNC(=NCc1ccnn1C)NCC(c1ccccc1)c1ccccc1.I. The van der Waals surface area contributed by atoms with Crippen molar-refractivity contribution in [1.82, 2.24) is 20.4 Å². The number of aromatic nitrogens is 2. The van der Waals surface area contributed by atoms with Gasteiger partial charge in [0.2, 0.25) is 0 Å². The zero-order chi connectivity index (χ0) is 18.9. The first-order valence-corrected chi connectivity index (χ1v) is 9.37. The third kappa shape index (κ3) is 6.09. The summed E-state index contributed by atoms with van der Waals surface area (Å²) in [5.41, 5.74) is 3.66. The molecule has 0 saturated heterocycles. The fourth-order valence-corrected chi connectivity index (χ4v) is 3.06. The molecule has 0 aliphatic rings. The number of halogens is 1. The minimum absolute atomic E-state index is 0. The molecule has 0 unspecified atom stereocenters. The Morgan fingerprint density at radius 3 is 2.07 bits per heavy atom. The average molecular weight is 489 g/mol. The van der Waals surface area contributed by atoms with Crippen LogP contribution in [0.4, 0.5) is 0 Å². The Kier molecular flexibility index (Phi) is 9.00. The van der Waals surface area contributed by atoms with Crippen LogP contribution in [0.5, 0.6) is 0 Å². The molecule has 0 amide bonds. The van der Waals surface area contributed by atoms with Gasteiger partial charge in [-0.05, 0) is 24.1 Å². The van der Waals surface area contributed by atoms with Gasteiger partial charge >= 0.3 is 0 Å². The summed E-state index contributed by atoms with van der Waals surface area (Å²) in [7, 11) is 1.94. The van der Waals surface area contributed by atoms with Crippen LogP contribution in [0.2, 0.25) is 0 Å². The van der Waals surface area contributed by atoms with Crippen LogP contribution >= 0.6 is 24.0 Å². The Bertz CT molecular complexity index is 806. The second-order valence-electron chi connectivity index (χ2n) is 6.40. The Balaban J connectivity index is 0.00000280. The summed E-state index contributed by atoms with van der Waals surface area (Å²) in [4.78, 5) is 4.71. The molecular weight excluding hydrogens is 461 g/mol. The maximum absolute atomic E-state index is 4.71. The highest BCUT2D eigenvalue weighted by atomic mass is 127. The van der Waals surface area contributed by atoms with Crippen molar-refractivity contribution in [2.45, 2.75) is 19.4 Å². The van der Waals surface area contributed by atoms with Crippen molar-refractivity contribution in [2.24, 2.45) is 12.0 Å². The molecule has 28 heavy (non-hydrogen) atoms. The number of benzene rings is 2. The van der Waals surface area contributed by atoms with Crippen LogP contribution in [0.1, 0.15) is 29.7 Å². The molecule has 0 spiro atoms. The molecule has 0 aliphatic heterocycles. The van der Waals surface area contributed by atoms with Crippen molar-refractivity contribution < 1.29 is 0 Å². The highest BCUT2D eigenvalue weighted by molar-refractivity contribution is 14.0. The molecule has 3 rings (SSSR count). The molecule has 0 atom stereocenters. The van der Waals surface area contributed by atoms with E-state index in [0.717, 1.165) is 24.7 Å². The highest BCUT2D eigenvalue weighted by Crippen LogP contribution is 2.23. The second kappa shape index (κ2) is 11.5. The number of nitrogens with zero attached hydrogens (tertiary/aromatic N) is 3. The maximum atomic E-state index is 4.71. The highest BCUT2D eigenvalue weighted by Gasteiger charge is 2.14. The van der Waals surface area contributed by atoms with Gasteiger partial charge in [-0.3, -0.25) is 4.68 Å². The first-order chi connectivity index (χ1) is 13.3. The molecular formula is C22H28IN5. The average Bonchev–Trinajstić information content (AvgIpc) is 3.12. The molecule has 2 N–H and O–H groups in total. The Morgan fingerprint density at radius 1 is 0.964 bits per heavy atom. The first kappa shape index (κ1) is 21.9. The van der Waals surface area contributed by atoms with Crippen LogP contribution < -0.4 is 10.6 Å². The summed E-state index contributed by atoms with van der Waals surface area (Å²) in [5, 5.41) is 11.0. The number of rotatable bonds is 7. The normalized spacial score (nSPS) is 11.2. The lowest BCUT2D eigenvalue weighted by Crippen LogP contribution is -2.39. The maximum Gasteiger partial charge on any atom is 0.191 e. The van der Waals surface area contributed by atoms with E-state index in [1.54, 1.807) is 6.20 Å². The van der Waals surface area contributed by atoms with E-state index in [9.17, 15) is 0 Å². The van der Waals surface area contributed by atoms with Gasteiger partial charge in [0.15, 0.2) is 5.96 Å². The van der Waals surface area contributed by atoms with Gasteiger partial charge in [-0.15, -0.1) is 24.0 Å². The third-order valence-corrected chi connectivity index (χ3v) is 4.54. The predicted octanol–water partition coefficient (Wildman–Crippen LogP) is 3.93. The van der Waals surface area contributed by atoms with Crippen molar-refractivity contribution in [1.29, 1.82) is 0 Å². The molecule has 1 aromatic heterocycles. The lowest BCUT2D eigenvalue weighted by molar-refractivity contribution is 0.700. The quantitative estimate of drug-likeness (QED) is 0.301. The van der Waals surface area contributed by atoms with Crippen molar-refractivity contribution in [3.63, 3.8) is 0 Å². The third-order valence-electron chi connectivity index (χ3n) is 4.54. The number of guanidine groups is 1. The predicted molar refractivity (Wildman–Crippen MR) is 126 cm³/mol. The molecule has 0 radical (unpaired) electrons. The summed E-state index contributed by atoms with van der Waals surface area (Å²) in [6.45, 7) is 4.25. The summed E-state index contributed by atoms with van der Waals surface area (Å²) >= 11 is 0. The Labute approximate surface area is 184 Å². The monoisotopic (exact) mass is 489 g/mol. The van der Waals surface area contributed by atoms with Gasteiger partial charge in [-0.2, -0.15) is 5.10 Å². The van der Waals surface area contributed by atoms with Crippen LogP contribution in [-0.2, 0) is 13.6 Å². The van der Waals surface area contributed by atoms with E-state index in [2.05, 4.69) is 83.3 Å². The summed E-state index contributed by atoms with van der Waals surface area (Å²) in [6, 6.07) is 23.2. The fraction of sp³-hybridized carbons (Fsp3) is 0.273. The Morgan fingerprint density at radius 2 is 1.57 bits per heavy atom. The van der Waals surface area contributed by atoms with E-state index in [-0.39, 0.29) is 29.9 Å². The molecule has 0 saturated carbocycles. The van der Waals surface area contributed by atoms with Crippen molar-refractivity contribution >= 4 is 29.9 Å². The van der Waals surface area contributed by atoms with E-state index in [0.29, 0.717) is 6.54 Å². The Hall–Kier alpha value is -2.35. The first-order valence-electron chi connectivity index (χ1n) is 9.37. The van der Waals surface area contributed by atoms with Gasteiger partial charge in [0, 0.05) is 32.3 Å². The lowest BCUT2D eigenvalue weighted by Gasteiger charge is -2.20. The number of hydrogen-bond donors (Lipinski definition) is 2. The number of aryl methyl sites for hydroxylation is 1. The second-order valence-corrected chi connectivity index (χ2v) is 6.40. The van der Waals surface area contributed by atoms with Gasteiger partial charge in [-0.1, -0.05) is 60.7 Å². The smallest absolute Gasteiger partial charge is 0.191 e. The lowest BCUT2D eigenvalue weighted by atomic mass is 9.91. The topological polar surface area (TPSA) is 54.2 Å². The minimum atomic E-state index is 0. The minimum Gasteiger partial charge on any atom is -0.357 e. The van der Waals surface area contributed by atoms with E-state index >= 15 is 0 Å².